The first-order valence-corrected chi connectivity index (χ1v) is 8.63. The number of carbonyl (C=O) groups excluding carboxylic acids is 4. The van der Waals surface area contributed by atoms with Crippen LogP contribution < -0.4 is 0 Å². The Morgan fingerprint density at radius 3 is 2.23 bits per heavy atom. The van der Waals surface area contributed by atoms with Crippen LogP contribution in [-0.2, 0) is 38.1 Å². The topological polar surface area (TPSA) is 105 Å². The Bertz CT molecular complexity index is 553. The van der Waals surface area contributed by atoms with Gasteiger partial charge in [-0.2, -0.15) is 0 Å². The van der Waals surface area contributed by atoms with Crippen LogP contribution in [0.1, 0.15) is 53.4 Å². The van der Waals surface area contributed by atoms with Crippen LogP contribution in [0.15, 0.2) is 12.2 Å². The van der Waals surface area contributed by atoms with E-state index in [1.54, 1.807) is 6.08 Å². The quantitative estimate of drug-likeness (QED) is 0.447. The molecule has 8 heteroatoms. The average Bonchev–Trinajstić information content (AvgIpc) is 2.54. The van der Waals surface area contributed by atoms with Crippen LogP contribution >= 0.6 is 0 Å². The third-order valence-electron chi connectivity index (χ3n) is 3.71. The van der Waals surface area contributed by atoms with Crippen molar-refractivity contribution in [1.82, 2.24) is 0 Å². The highest BCUT2D eigenvalue weighted by Gasteiger charge is 2.43. The number of unbranched alkanes of at least 4 members (excludes halogenated alkanes) is 1. The van der Waals surface area contributed by atoms with Crippen LogP contribution in [0.25, 0.3) is 0 Å². The predicted octanol–water partition coefficient (Wildman–Crippen LogP) is 1.84. The average molecular weight is 370 g/mol. The van der Waals surface area contributed by atoms with Gasteiger partial charge >= 0.3 is 23.9 Å². The van der Waals surface area contributed by atoms with Crippen LogP contribution in [0.2, 0.25) is 0 Å². The molecule has 0 aromatic rings. The van der Waals surface area contributed by atoms with E-state index in [2.05, 4.69) is 0 Å². The highest BCUT2D eigenvalue weighted by molar-refractivity contribution is 5.82. The van der Waals surface area contributed by atoms with Gasteiger partial charge in [-0.25, -0.2) is 4.79 Å². The monoisotopic (exact) mass is 370 g/mol. The fraction of sp³-hybridized carbons (Fsp3) is 0.667. The van der Waals surface area contributed by atoms with E-state index in [1.165, 1.54) is 26.8 Å². The zero-order valence-electron chi connectivity index (χ0n) is 15.6. The molecule has 0 fully saturated rings. The Labute approximate surface area is 152 Å². The van der Waals surface area contributed by atoms with Crippen LogP contribution in [0.3, 0.4) is 0 Å². The number of carbonyl (C=O) groups is 4. The second kappa shape index (κ2) is 10.6. The number of esters is 4. The lowest BCUT2D eigenvalue weighted by Gasteiger charge is -2.36. The summed E-state index contributed by atoms with van der Waals surface area (Å²) in [4.78, 5) is 46.3. The normalized spacial score (nSPS) is 19.7. The van der Waals surface area contributed by atoms with Crippen molar-refractivity contribution in [2.24, 2.45) is 0 Å². The first-order chi connectivity index (χ1) is 12.2. The number of cyclic esters (lactones) is 1. The van der Waals surface area contributed by atoms with Gasteiger partial charge < -0.3 is 18.9 Å². The summed E-state index contributed by atoms with van der Waals surface area (Å²) in [7, 11) is 0. The predicted molar refractivity (Wildman–Crippen MR) is 89.8 cm³/mol. The Balaban J connectivity index is 3.18. The van der Waals surface area contributed by atoms with Crippen LogP contribution in [-0.4, -0.2) is 48.3 Å². The molecule has 0 radical (unpaired) electrons. The minimum Gasteiger partial charge on any atom is -0.458 e. The molecule has 8 nitrogen and oxygen atoms in total. The molecular formula is C18H26O8. The van der Waals surface area contributed by atoms with E-state index in [0.29, 0.717) is 12.8 Å². The van der Waals surface area contributed by atoms with Gasteiger partial charge in [0.15, 0.2) is 12.2 Å². The summed E-state index contributed by atoms with van der Waals surface area (Å²) < 4.78 is 21.2. The fourth-order valence-electron chi connectivity index (χ4n) is 2.74. The van der Waals surface area contributed by atoms with Gasteiger partial charge in [0.1, 0.15) is 12.2 Å². The van der Waals surface area contributed by atoms with Gasteiger partial charge in [-0.05, 0) is 12.8 Å². The van der Waals surface area contributed by atoms with E-state index >= 15 is 0 Å². The van der Waals surface area contributed by atoms with E-state index in [9.17, 15) is 19.2 Å². The van der Waals surface area contributed by atoms with Gasteiger partial charge in [-0.15, -0.1) is 0 Å². The molecule has 0 spiro atoms. The van der Waals surface area contributed by atoms with Crippen molar-refractivity contribution in [3.05, 3.63) is 12.2 Å². The van der Waals surface area contributed by atoms with Gasteiger partial charge in [-0.1, -0.05) is 19.4 Å². The number of ether oxygens (including phenoxy) is 4. The van der Waals surface area contributed by atoms with E-state index in [1.807, 2.05) is 6.92 Å². The molecule has 1 heterocycles. The molecule has 146 valence electrons. The second-order valence-corrected chi connectivity index (χ2v) is 6.05. The van der Waals surface area contributed by atoms with Crippen molar-refractivity contribution >= 4 is 23.9 Å². The standard InChI is InChI=1S/C18H26O8/c1-5-6-8-14(23-11(2)19)17(24-12(3)20)18(25-13(4)21)15-9-7-10-16(22)26-15/h7,10,14-15,17-18H,5-6,8-9H2,1-4H3/t14-,15+,17-,18+/m0/s1. The third-order valence-corrected chi connectivity index (χ3v) is 3.71. The summed E-state index contributed by atoms with van der Waals surface area (Å²) in [6.07, 6.45) is 1.21. The Morgan fingerprint density at radius 2 is 1.73 bits per heavy atom. The van der Waals surface area contributed by atoms with E-state index in [-0.39, 0.29) is 6.42 Å². The van der Waals surface area contributed by atoms with Crippen molar-refractivity contribution in [3.8, 4) is 0 Å². The summed E-state index contributed by atoms with van der Waals surface area (Å²) in [5.41, 5.74) is 0. The van der Waals surface area contributed by atoms with Crippen molar-refractivity contribution in [2.75, 3.05) is 0 Å². The minimum atomic E-state index is -1.09. The molecule has 26 heavy (non-hydrogen) atoms. The van der Waals surface area contributed by atoms with Crippen molar-refractivity contribution in [3.63, 3.8) is 0 Å². The highest BCUT2D eigenvalue weighted by Crippen LogP contribution is 2.25. The minimum absolute atomic E-state index is 0.280. The molecule has 0 bridgehead atoms. The lowest BCUT2D eigenvalue weighted by Crippen LogP contribution is -2.51. The van der Waals surface area contributed by atoms with Gasteiger partial charge in [0.25, 0.3) is 0 Å². The zero-order chi connectivity index (χ0) is 19.7. The molecule has 0 aliphatic carbocycles. The first kappa shape index (κ1) is 21.7. The van der Waals surface area contributed by atoms with Gasteiger partial charge in [-0.3, -0.25) is 14.4 Å². The van der Waals surface area contributed by atoms with E-state index in [4.69, 9.17) is 18.9 Å². The Hall–Kier alpha value is -2.38. The van der Waals surface area contributed by atoms with Gasteiger partial charge in [0.2, 0.25) is 0 Å². The number of hydrogen-bond donors (Lipinski definition) is 0. The van der Waals surface area contributed by atoms with Crippen molar-refractivity contribution in [2.45, 2.75) is 77.8 Å². The third kappa shape index (κ3) is 7.25. The zero-order valence-corrected chi connectivity index (χ0v) is 15.6. The summed E-state index contributed by atoms with van der Waals surface area (Å²) >= 11 is 0. The second-order valence-electron chi connectivity index (χ2n) is 6.05. The number of rotatable bonds is 9. The summed E-state index contributed by atoms with van der Waals surface area (Å²) in [6.45, 7) is 5.61. The lowest BCUT2D eigenvalue weighted by atomic mass is 9.95. The van der Waals surface area contributed by atoms with Gasteiger partial charge in [0, 0.05) is 33.3 Å². The molecule has 0 aromatic heterocycles. The van der Waals surface area contributed by atoms with E-state index in [0.717, 1.165) is 6.42 Å². The maximum Gasteiger partial charge on any atom is 0.330 e. The maximum absolute atomic E-state index is 11.6. The van der Waals surface area contributed by atoms with E-state index < -0.39 is 48.3 Å². The first-order valence-electron chi connectivity index (χ1n) is 8.63. The lowest BCUT2D eigenvalue weighted by molar-refractivity contribution is -0.198. The van der Waals surface area contributed by atoms with Crippen LogP contribution in [0, 0.1) is 0 Å². The molecule has 4 atom stereocenters. The Morgan fingerprint density at radius 1 is 1.12 bits per heavy atom. The summed E-state index contributed by atoms with van der Waals surface area (Å²) in [5.74, 6) is -2.39. The molecule has 0 saturated heterocycles. The van der Waals surface area contributed by atoms with Gasteiger partial charge in [0.05, 0.1) is 0 Å². The Kier molecular flexibility index (Phi) is 8.81. The van der Waals surface area contributed by atoms with Crippen LogP contribution in [0.5, 0.6) is 0 Å². The molecule has 0 saturated carbocycles. The highest BCUT2D eigenvalue weighted by atomic mass is 16.6. The summed E-state index contributed by atoms with van der Waals surface area (Å²) in [6, 6.07) is 0. The molecule has 1 aliphatic rings. The molecule has 1 rings (SSSR count). The molecule has 0 unspecified atom stereocenters. The van der Waals surface area contributed by atoms with Crippen LogP contribution in [0.4, 0.5) is 0 Å². The van der Waals surface area contributed by atoms with Crippen molar-refractivity contribution < 1.29 is 38.1 Å². The largest absolute Gasteiger partial charge is 0.458 e. The fourth-order valence-corrected chi connectivity index (χ4v) is 2.74. The maximum atomic E-state index is 11.6. The molecular weight excluding hydrogens is 344 g/mol. The summed E-state index contributed by atoms with van der Waals surface area (Å²) in [5, 5.41) is 0. The number of hydrogen-bond acceptors (Lipinski definition) is 8. The SMILES string of the molecule is CCCC[C@H](OC(C)=O)[C@H](OC(C)=O)[C@H](OC(C)=O)[C@H]1CC=CC(=O)O1. The molecule has 0 aromatic carbocycles. The molecule has 0 amide bonds. The molecule has 1 aliphatic heterocycles. The molecule has 0 N–H and O–H groups in total. The smallest absolute Gasteiger partial charge is 0.330 e. The van der Waals surface area contributed by atoms with Crippen molar-refractivity contribution in [1.29, 1.82) is 0 Å².